The molecule has 0 bridgehead atoms. The molecule has 2 heteroatoms. The molecule has 1 nitrogen and oxygen atoms in total. The summed E-state index contributed by atoms with van der Waals surface area (Å²) in [4.78, 5) is 0. The van der Waals surface area contributed by atoms with Gasteiger partial charge in [0.15, 0.2) is 0 Å². The summed E-state index contributed by atoms with van der Waals surface area (Å²) in [7, 11) is 0. The summed E-state index contributed by atoms with van der Waals surface area (Å²) >= 11 is 6.02. The molecule has 0 saturated heterocycles. The lowest BCUT2D eigenvalue weighted by molar-refractivity contribution is 0.306. The largest absolute Gasteiger partial charge is 0.487 e. The first-order valence-corrected chi connectivity index (χ1v) is 5.98. The van der Waals surface area contributed by atoms with Crippen molar-refractivity contribution in [1.82, 2.24) is 0 Å². The lowest BCUT2D eigenvalue weighted by Crippen LogP contribution is -1.96. The van der Waals surface area contributed by atoms with Gasteiger partial charge in [0.05, 0.1) is 5.02 Å². The molecule has 0 saturated carbocycles. The van der Waals surface area contributed by atoms with Crippen LogP contribution in [0, 0.1) is 13.8 Å². The number of benzene rings is 2. The predicted octanol–water partition coefficient (Wildman–Crippen LogP) is 4.54. The number of aryl methyl sites for hydroxylation is 2. The molecule has 0 atom stereocenters. The zero-order chi connectivity index (χ0) is 12.3. The second-order valence-electron chi connectivity index (χ2n) is 4.14. The number of halogens is 1. The van der Waals surface area contributed by atoms with Crippen LogP contribution in [0.2, 0.25) is 5.02 Å². The Labute approximate surface area is 107 Å². The van der Waals surface area contributed by atoms with E-state index in [1.807, 2.05) is 24.3 Å². The van der Waals surface area contributed by atoms with Crippen molar-refractivity contribution in [2.24, 2.45) is 0 Å². The summed E-state index contributed by atoms with van der Waals surface area (Å²) in [6.45, 7) is 4.76. The first-order valence-electron chi connectivity index (χ1n) is 5.60. The minimum Gasteiger partial charge on any atom is -0.487 e. The fourth-order valence-electron chi connectivity index (χ4n) is 1.62. The summed E-state index contributed by atoms with van der Waals surface area (Å²) in [6.07, 6.45) is 0. The third kappa shape index (κ3) is 3.01. The van der Waals surface area contributed by atoms with Crippen LogP contribution in [0.4, 0.5) is 0 Å². The number of hydrogen-bond donors (Lipinski definition) is 0. The van der Waals surface area contributed by atoms with Crippen molar-refractivity contribution in [2.75, 3.05) is 0 Å². The molecule has 0 N–H and O–H groups in total. The van der Waals surface area contributed by atoms with Crippen molar-refractivity contribution in [3.63, 3.8) is 0 Å². The number of para-hydroxylation sites is 1. The van der Waals surface area contributed by atoms with Crippen LogP contribution in [-0.2, 0) is 6.61 Å². The van der Waals surface area contributed by atoms with Gasteiger partial charge in [-0.25, -0.2) is 0 Å². The van der Waals surface area contributed by atoms with E-state index in [2.05, 4.69) is 32.0 Å². The maximum Gasteiger partial charge on any atom is 0.138 e. The summed E-state index contributed by atoms with van der Waals surface area (Å²) in [5.74, 6) is 0.729. The SMILES string of the molecule is Cc1ccc(COc2ccccc2Cl)cc1C. The van der Waals surface area contributed by atoms with Crippen LogP contribution in [0.1, 0.15) is 16.7 Å². The first kappa shape index (κ1) is 12.0. The van der Waals surface area contributed by atoms with Gasteiger partial charge in [-0.1, -0.05) is 41.9 Å². The van der Waals surface area contributed by atoms with E-state index in [0.717, 1.165) is 11.3 Å². The van der Waals surface area contributed by atoms with Gasteiger partial charge in [-0.2, -0.15) is 0 Å². The molecule has 0 heterocycles. The van der Waals surface area contributed by atoms with E-state index in [9.17, 15) is 0 Å². The Hall–Kier alpha value is -1.47. The lowest BCUT2D eigenvalue weighted by atomic mass is 10.1. The molecule has 2 aromatic rings. The fourth-order valence-corrected chi connectivity index (χ4v) is 1.81. The molecule has 0 unspecified atom stereocenters. The highest BCUT2D eigenvalue weighted by Crippen LogP contribution is 2.24. The van der Waals surface area contributed by atoms with E-state index < -0.39 is 0 Å². The van der Waals surface area contributed by atoms with E-state index in [1.165, 1.54) is 11.1 Å². The second-order valence-corrected chi connectivity index (χ2v) is 4.54. The van der Waals surface area contributed by atoms with Gasteiger partial charge in [0.2, 0.25) is 0 Å². The second kappa shape index (κ2) is 5.24. The highest BCUT2D eigenvalue weighted by atomic mass is 35.5. The summed E-state index contributed by atoms with van der Waals surface area (Å²) in [5.41, 5.74) is 3.74. The quantitative estimate of drug-likeness (QED) is 0.773. The molecule has 88 valence electrons. The van der Waals surface area contributed by atoms with Crippen molar-refractivity contribution in [3.8, 4) is 5.75 Å². The van der Waals surface area contributed by atoms with Gasteiger partial charge in [0, 0.05) is 0 Å². The Bertz CT molecular complexity index is 520. The normalized spacial score (nSPS) is 10.3. The van der Waals surface area contributed by atoms with Crippen molar-refractivity contribution >= 4 is 11.6 Å². The maximum atomic E-state index is 6.02. The average molecular weight is 247 g/mol. The van der Waals surface area contributed by atoms with Crippen molar-refractivity contribution in [1.29, 1.82) is 0 Å². The molecular weight excluding hydrogens is 232 g/mol. The van der Waals surface area contributed by atoms with Crippen LogP contribution < -0.4 is 4.74 Å². The van der Waals surface area contributed by atoms with E-state index in [1.54, 1.807) is 0 Å². The number of ether oxygens (including phenoxy) is 1. The predicted molar refractivity (Wildman–Crippen MR) is 71.7 cm³/mol. The van der Waals surface area contributed by atoms with Gasteiger partial charge in [-0.05, 0) is 42.7 Å². The molecule has 0 aliphatic rings. The van der Waals surface area contributed by atoms with Crippen molar-refractivity contribution < 1.29 is 4.74 Å². The van der Waals surface area contributed by atoms with Crippen molar-refractivity contribution in [3.05, 3.63) is 64.2 Å². The van der Waals surface area contributed by atoms with Crippen LogP contribution >= 0.6 is 11.6 Å². The van der Waals surface area contributed by atoms with Crippen LogP contribution in [0.15, 0.2) is 42.5 Å². The Morgan fingerprint density at radius 2 is 1.76 bits per heavy atom. The molecule has 2 rings (SSSR count). The molecule has 0 aliphatic heterocycles. The molecule has 2 aromatic carbocycles. The van der Waals surface area contributed by atoms with Crippen LogP contribution in [0.25, 0.3) is 0 Å². The standard InChI is InChI=1S/C15H15ClO/c1-11-7-8-13(9-12(11)2)10-17-15-6-4-3-5-14(15)16/h3-9H,10H2,1-2H3. The lowest BCUT2D eigenvalue weighted by Gasteiger charge is -2.09. The maximum absolute atomic E-state index is 6.02. The van der Waals surface area contributed by atoms with Gasteiger partial charge < -0.3 is 4.74 Å². The highest BCUT2D eigenvalue weighted by Gasteiger charge is 2.01. The van der Waals surface area contributed by atoms with Gasteiger partial charge in [0.1, 0.15) is 12.4 Å². The van der Waals surface area contributed by atoms with Gasteiger partial charge in [-0.15, -0.1) is 0 Å². The van der Waals surface area contributed by atoms with Crippen LogP contribution in [0.3, 0.4) is 0 Å². The van der Waals surface area contributed by atoms with Crippen molar-refractivity contribution in [2.45, 2.75) is 20.5 Å². The molecule has 0 aliphatic carbocycles. The van der Waals surface area contributed by atoms with E-state index in [0.29, 0.717) is 11.6 Å². The molecule has 0 spiro atoms. The molecule has 0 aromatic heterocycles. The molecule has 17 heavy (non-hydrogen) atoms. The Morgan fingerprint density at radius 3 is 2.47 bits per heavy atom. The molecule has 0 radical (unpaired) electrons. The minimum atomic E-state index is 0.546. The van der Waals surface area contributed by atoms with Crippen LogP contribution in [-0.4, -0.2) is 0 Å². The smallest absolute Gasteiger partial charge is 0.138 e. The van der Waals surface area contributed by atoms with E-state index >= 15 is 0 Å². The highest BCUT2D eigenvalue weighted by molar-refractivity contribution is 6.32. The molecule has 0 amide bonds. The third-order valence-electron chi connectivity index (χ3n) is 2.80. The minimum absolute atomic E-state index is 0.546. The number of hydrogen-bond acceptors (Lipinski definition) is 1. The molecule has 0 fully saturated rings. The summed E-state index contributed by atoms with van der Waals surface area (Å²) in [5, 5.41) is 0.649. The number of rotatable bonds is 3. The molecular formula is C15H15ClO. The van der Waals surface area contributed by atoms with Gasteiger partial charge >= 0.3 is 0 Å². The zero-order valence-electron chi connectivity index (χ0n) is 10.0. The first-order chi connectivity index (χ1) is 8.16. The third-order valence-corrected chi connectivity index (χ3v) is 3.11. The van der Waals surface area contributed by atoms with Crippen LogP contribution in [0.5, 0.6) is 5.75 Å². The summed E-state index contributed by atoms with van der Waals surface area (Å²) in [6, 6.07) is 13.9. The van der Waals surface area contributed by atoms with E-state index in [4.69, 9.17) is 16.3 Å². The Kier molecular flexibility index (Phi) is 3.70. The fraction of sp³-hybridized carbons (Fsp3) is 0.200. The average Bonchev–Trinajstić information content (AvgIpc) is 2.32. The van der Waals surface area contributed by atoms with Gasteiger partial charge in [-0.3, -0.25) is 0 Å². The Balaban J connectivity index is 2.08. The topological polar surface area (TPSA) is 9.23 Å². The Morgan fingerprint density at radius 1 is 1.00 bits per heavy atom. The van der Waals surface area contributed by atoms with Gasteiger partial charge in [0.25, 0.3) is 0 Å². The van der Waals surface area contributed by atoms with E-state index in [-0.39, 0.29) is 0 Å². The monoisotopic (exact) mass is 246 g/mol. The zero-order valence-corrected chi connectivity index (χ0v) is 10.8. The summed E-state index contributed by atoms with van der Waals surface area (Å²) < 4.78 is 5.69.